The summed E-state index contributed by atoms with van der Waals surface area (Å²) >= 11 is 0. The van der Waals surface area contributed by atoms with Gasteiger partial charge in [-0.15, -0.1) is 0 Å². The van der Waals surface area contributed by atoms with Crippen molar-refractivity contribution >= 4 is 17.3 Å². The molecular weight excluding hydrogens is 394 g/mol. The lowest BCUT2D eigenvalue weighted by molar-refractivity contribution is -0.383. The van der Waals surface area contributed by atoms with Crippen molar-refractivity contribution in [3.63, 3.8) is 0 Å². The molecule has 2 fully saturated rings. The van der Waals surface area contributed by atoms with E-state index in [1.807, 2.05) is 0 Å². The molecule has 0 aliphatic carbocycles. The minimum atomic E-state index is -0.376. The van der Waals surface area contributed by atoms with E-state index in [9.17, 15) is 10.1 Å². The average molecular weight is 434 g/mol. The predicted molar refractivity (Wildman–Crippen MR) is 125 cm³/mol. The Labute approximate surface area is 185 Å². The van der Waals surface area contributed by atoms with E-state index in [0.717, 1.165) is 25.7 Å². The van der Waals surface area contributed by atoms with Gasteiger partial charge in [0.1, 0.15) is 6.33 Å². The quantitative estimate of drug-likeness (QED) is 0.409. The van der Waals surface area contributed by atoms with E-state index in [1.54, 1.807) is 0 Å². The normalized spacial score (nSPS) is 25.0. The Balaban J connectivity index is 1.86. The van der Waals surface area contributed by atoms with Gasteiger partial charge in [-0.25, -0.2) is 9.97 Å². The van der Waals surface area contributed by atoms with Gasteiger partial charge in [-0.1, -0.05) is 0 Å². The maximum atomic E-state index is 12.1. The van der Waals surface area contributed by atoms with Crippen LogP contribution in [0, 0.1) is 10.1 Å². The molecule has 31 heavy (non-hydrogen) atoms. The molecule has 0 bridgehead atoms. The lowest BCUT2D eigenvalue weighted by Crippen LogP contribution is -2.60. The number of nitro groups is 1. The lowest BCUT2D eigenvalue weighted by Gasteiger charge is -2.47. The van der Waals surface area contributed by atoms with E-state index in [0.29, 0.717) is 0 Å². The molecule has 174 valence electrons. The predicted octanol–water partition coefficient (Wildman–Crippen LogP) is 3.83. The molecule has 2 aliphatic rings. The largest absolute Gasteiger partial charge is 0.361 e. The smallest absolute Gasteiger partial charge is 0.353 e. The summed E-state index contributed by atoms with van der Waals surface area (Å²) in [5.74, 6) is 0.571. The third-order valence-electron chi connectivity index (χ3n) is 6.07. The van der Waals surface area contributed by atoms with Gasteiger partial charge < -0.3 is 21.3 Å². The Kier molecular flexibility index (Phi) is 5.99. The van der Waals surface area contributed by atoms with Crippen molar-refractivity contribution < 1.29 is 4.92 Å². The standard InChI is InChI=1S/C22H39N7O2/c1-19(2)9-14(10-20(3,4)27-19)25-17-16(29(30)31)18(24-13-23-17)26-15-11-21(5,6)28-22(7,8)12-15/h13-15,27-28H,9-12H2,1-8H3,(H2,23,24,25,26). The number of nitrogens with zero attached hydrogens (tertiary/aromatic N) is 3. The first-order valence-corrected chi connectivity index (χ1v) is 11.2. The summed E-state index contributed by atoms with van der Waals surface area (Å²) < 4.78 is 0. The monoisotopic (exact) mass is 433 g/mol. The second kappa shape index (κ2) is 7.85. The van der Waals surface area contributed by atoms with Gasteiger partial charge >= 0.3 is 5.69 Å². The highest BCUT2D eigenvalue weighted by Crippen LogP contribution is 2.36. The molecule has 2 saturated heterocycles. The molecule has 0 saturated carbocycles. The van der Waals surface area contributed by atoms with E-state index in [4.69, 9.17) is 0 Å². The lowest BCUT2D eigenvalue weighted by atomic mass is 9.79. The van der Waals surface area contributed by atoms with Crippen molar-refractivity contribution in [2.24, 2.45) is 0 Å². The SMILES string of the molecule is CC1(C)CC(Nc2ncnc(NC3CC(C)(C)NC(C)(C)C3)c2[N+](=O)[O-])CC(C)(C)N1. The molecule has 2 aliphatic heterocycles. The molecule has 0 unspecified atom stereocenters. The Morgan fingerprint density at radius 1 is 0.806 bits per heavy atom. The van der Waals surface area contributed by atoms with E-state index >= 15 is 0 Å². The minimum Gasteiger partial charge on any atom is -0.361 e. The van der Waals surface area contributed by atoms with Crippen molar-refractivity contribution in [3.8, 4) is 0 Å². The highest BCUT2D eigenvalue weighted by atomic mass is 16.6. The molecule has 0 aromatic carbocycles. The summed E-state index contributed by atoms with van der Waals surface area (Å²) in [4.78, 5) is 20.2. The Morgan fingerprint density at radius 2 is 1.13 bits per heavy atom. The van der Waals surface area contributed by atoms with E-state index in [1.165, 1.54) is 6.33 Å². The summed E-state index contributed by atoms with van der Waals surface area (Å²) in [6, 6.07) is 0.147. The topological polar surface area (TPSA) is 117 Å². The molecule has 4 N–H and O–H groups in total. The van der Waals surface area contributed by atoms with Gasteiger partial charge in [0.15, 0.2) is 0 Å². The van der Waals surface area contributed by atoms with E-state index < -0.39 is 0 Å². The van der Waals surface area contributed by atoms with Crippen molar-refractivity contribution in [3.05, 3.63) is 16.4 Å². The number of hydrogen-bond donors (Lipinski definition) is 4. The van der Waals surface area contributed by atoms with Crippen LogP contribution in [0.5, 0.6) is 0 Å². The van der Waals surface area contributed by atoms with Gasteiger partial charge in [-0.2, -0.15) is 0 Å². The van der Waals surface area contributed by atoms with Crippen molar-refractivity contribution in [1.82, 2.24) is 20.6 Å². The van der Waals surface area contributed by atoms with Gasteiger partial charge in [-0.3, -0.25) is 10.1 Å². The van der Waals surface area contributed by atoms with Gasteiger partial charge in [0.05, 0.1) is 4.92 Å². The number of piperidine rings is 2. The maximum absolute atomic E-state index is 12.1. The molecule has 9 nitrogen and oxygen atoms in total. The van der Waals surface area contributed by atoms with Crippen LogP contribution < -0.4 is 21.3 Å². The second-order valence-electron chi connectivity index (χ2n) is 12.0. The molecule has 9 heteroatoms. The van der Waals surface area contributed by atoms with Gasteiger partial charge in [0.25, 0.3) is 0 Å². The van der Waals surface area contributed by atoms with Crippen LogP contribution in [0.25, 0.3) is 0 Å². The summed E-state index contributed by atoms with van der Waals surface area (Å²) in [5, 5.41) is 26.1. The number of nitrogens with one attached hydrogen (secondary N) is 4. The van der Waals surface area contributed by atoms with Crippen LogP contribution in [0.2, 0.25) is 0 Å². The molecule has 3 rings (SSSR count). The maximum Gasteiger partial charge on any atom is 0.353 e. The number of rotatable bonds is 5. The third kappa shape index (κ3) is 6.04. The van der Waals surface area contributed by atoms with Crippen LogP contribution in [-0.2, 0) is 0 Å². The molecule has 0 radical (unpaired) electrons. The van der Waals surface area contributed by atoms with Crippen LogP contribution >= 0.6 is 0 Å². The Bertz CT molecular complexity index is 745. The molecule has 0 spiro atoms. The third-order valence-corrected chi connectivity index (χ3v) is 6.07. The van der Waals surface area contributed by atoms with E-state index in [2.05, 4.69) is 86.6 Å². The first-order chi connectivity index (χ1) is 14.1. The number of hydrogen-bond acceptors (Lipinski definition) is 8. The molecule has 0 atom stereocenters. The summed E-state index contributed by atoms with van der Waals surface area (Å²) in [7, 11) is 0. The van der Waals surface area contributed by atoms with Crippen LogP contribution in [0.15, 0.2) is 6.33 Å². The fourth-order valence-corrected chi connectivity index (χ4v) is 6.00. The Hall–Kier alpha value is -2.00. The number of anilines is 2. The first kappa shape index (κ1) is 23.7. The molecule has 3 heterocycles. The second-order valence-corrected chi connectivity index (χ2v) is 12.0. The highest BCUT2D eigenvalue weighted by molar-refractivity contribution is 5.69. The molecule has 1 aromatic heterocycles. The molecule has 0 amide bonds. The van der Waals surface area contributed by atoms with Crippen molar-refractivity contribution in [1.29, 1.82) is 0 Å². The fraction of sp³-hybridized carbons (Fsp3) is 0.818. The number of aromatic nitrogens is 2. The van der Waals surface area contributed by atoms with Crippen molar-refractivity contribution in [2.75, 3.05) is 10.6 Å². The summed E-state index contributed by atoms with van der Waals surface area (Å²) in [6.07, 6.45) is 4.79. The minimum absolute atomic E-state index is 0.0736. The molecule has 1 aromatic rings. The summed E-state index contributed by atoms with van der Waals surface area (Å²) in [6.45, 7) is 17.3. The van der Waals surface area contributed by atoms with Crippen LogP contribution in [0.3, 0.4) is 0 Å². The summed E-state index contributed by atoms with van der Waals surface area (Å²) in [5.41, 5.74) is -0.377. The fourth-order valence-electron chi connectivity index (χ4n) is 6.00. The van der Waals surface area contributed by atoms with Crippen LogP contribution in [0.4, 0.5) is 17.3 Å². The highest BCUT2D eigenvalue weighted by Gasteiger charge is 2.40. The first-order valence-electron chi connectivity index (χ1n) is 11.2. The van der Waals surface area contributed by atoms with Gasteiger partial charge in [0.2, 0.25) is 11.6 Å². The zero-order chi connectivity index (χ0) is 23.2. The van der Waals surface area contributed by atoms with Crippen LogP contribution in [0.1, 0.15) is 81.1 Å². The van der Waals surface area contributed by atoms with Gasteiger partial charge in [-0.05, 0) is 81.1 Å². The average Bonchev–Trinajstić information content (AvgIpc) is 2.48. The zero-order valence-electron chi connectivity index (χ0n) is 20.2. The molecular formula is C22H39N7O2. The van der Waals surface area contributed by atoms with Crippen molar-refractivity contribution in [2.45, 2.75) is 115 Å². The zero-order valence-corrected chi connectivity index (χ0v) is 20.2. The van der Waals surface area contributed by atoms with Gasteiger partial charge in [0, 0.05) is 34.2 Å². The Morgan fingerprint density at radius 3 is 1.42 bits per heavy atom. The van der Waals surface area contributed by atoms with E-state index in [-0.39, 0.29) is 56.5 Å². The van der Waals surface area contributed by atoms with Crippen LogP contribution in [-0.4, -0.2) is 49.1 Å².